The van der Waals surface area contributed by atoms with Crippen molar-refractivity contribution in [1.82, 2.24) is 0 Å². The zero-order valence-electron chi connectivity index (χ0n) is 5.07. The summed E-state index contributed by atoms with van der Waals surface area (Å²) in [6.45, 7) is 9.17. The first-order valence-electron chi connectivity index (χ1n) is 2.64. The van der Waals surface area contributed by atoms with E-state index in [9.17, 15) is 0 Å². The van der Waals surface area contributed by atoms with E-state index in [1.54, 1.807) is 0 Å². The van der Waals surface area contributed by atoms with Gasteiger partial charge in [0.15, 0.2) is 0 Å². The summed E-state index contributed by atoms with van der Waals surface area (Å²) >= 11 is 0. The lowest BCUT2D eigenvalue weighted by Gasteiger charge is -1.79. The maximum atomic E-state index is 6.25. The van der Waals surface area contributed by atoms with Gasteiger partial charge in [-0.2, -0.15) is 0 Å². The highest BCUT2D eigenvalue weighted by Gasteiger charge is 1.68. The number of unbranched alkanes of at least 4 members (excludes halogenated alkanes) is 2. The second-order valence-electron chi connectivity index (χ2n) is 1.35. The molecule has 1 heteroatoms. The van der Waals surface area contributed by atoms with Gasteiger partial charge < -0.3 is 11.8 Å². The lowest BCUT2D eigenvalue weighted by molar-refractivity contribution is 0.772. The third-order valence-corrected chi connectivity index (χ3v) is 0.707. The highest BCUT2D eigenvalue weighted by Crippen LogP contribution is 1.88. The molecule has 0 aromatic carbocycles. The summed E-state index contributed by atoms with van der Waals surface area (Å²) in [4.78, 5) is 0. The summed E-state index contributed by atoms with van der Waals surface area (Å²) in [6, 6.07) is 0. The van der Waals surface area contributed by atoms with E-state index in [1.165, 1.54) is 19.3 Å². The molecule has 0 amide bonds. The van der Waals surface area contributed by atoms with Gasteiger partial charge in [0, 0.05) is 0 Å². The van der Waals surface area contributed by atoms with Crippen molar-refractivity contribution in [2.45, 2.75) is 33.1 Å². The van der Waals surface area contributed by atoms with Crippen molar-refractivity contribution in [2.24, 2.45) is 0 Å². The van der Waals surface area contributed by atoms with Crippen LogP contribution in [0.5, 0.6) is 0 Å². The third kappa shape index (κ3) is 30.1. The first kappa shape index (κ1) is 9.70. The maximum absolute atomic E-state index is 6.25. The summed E-state index contributed by atoms with van der Waals surface area (Å²) in [7, 11) is 0. The Morgan fingerprint density at radius 3 is 1.43 bits per heavy atom. The molecule has 0 saturated carbocycles. The molecule has 0 spiro atoms. The largest absolute Gasteiger partial charge is 0.512 e. The van der Waals surface area contributed by atoms with Crippen molar-refractivity contribution >= 4 is 0 Å². The first-order chi connectivity index (χ1) is 3.41. The fourth-order valence-electron chi connectivity index (χ4n) is 0.354. The van der Waals surface area contributed by atoms with E-state index in [0.29, 0.717) is 0 Å². The minimum absolute atomic E-state index is 1.34. The Kier molecular flexibility index (Phi) is 24.7. The molecular formula is C6H12N-. The van der Waals surface area contributed by atoms with Gasteiger partial charge in [0.05, 0.1) is 0 Å². The lowest BCUT2D eigenvalue weighted by Crippen LogP contribution is -1.59. The molecular weight excluding hydrogens is 86.1 g/mol. The zero-order chi connectivity index (χ0) is 6.12. The van der Waals surface area contributed by atoms with Gasteiger partial charge >= 0.3 is 0 Å². The second kappa shape index (κ2) is 17.9. The molecule has 0 aliphatic carbocycles. The van der Waals surface area contributed by atoms with E-state index in [-0.39, 0.29) is 0 Å². The van der Waals surface area contributed by atoms with Gasteiger partial charge in [-0.15, -0.1) is 0 Å². The van der Waals surface area contributed by atoms with Crippen LogP contribution >= 0.6 is 0 Å². The Labute approximate surface area is 46.0 Å². The Morgan fingerprint density at radius 2 is 1.43 bits per heavy atom. The number of hydrogen-bond acceptors (Lipinski definition) is 1. The molecule has 42 valence electrons. The van der Waals surface area contributed by atoms with Crippen LogP contribution in [0.4, 0.5) is 0 Å². The van der Waals surface area contributed by atoms with Gasteiger partial charge in [0.1, 0.15) is 0 Å². The highest BCUT2D eigenvalue weighted by atomic mass is 14.2. The number of rotatable bonds is 2. The van der Waals surface area contributed by atoms with E-state index in [0.717, 1.165) is 0 Å². The molecule has 0 aliphatic heterocycles. The predicted molar refractivity (Wildman–Crippen MR) is 30.2 cm³/mol. The summed E-state index contributed by atoms with van der Waals surface area (Å²) < 4.78 is 0. The van der Waals surface area contributed by atoms with Gasteiger partial charge in [-0.05, 0) is 0 Å². The van der Waals surface area contributed by atoms with Crippen molar-refractivity contribution in [3.05, 3.63) is 6.57 Å². The van der Waals surface area contributed by atoms with Crippen LogP contribution in [0.1, 0.15) is 33.1 Å². The molecule has 0 radical (unpaired) electrons. The molecule has 0 bridgehead atoms. The minimum atomic E-state index is 1.34. The smallest absolute Gasteiger partial charge is 0.0538 e. The van der Waals surface area contributed by atoms with Gasteiger partial charge in [0.25, 0.3) is 0 Å². The van der Waals surface area contributed by atoms with Gasteiger partial charge in [-0.1, -0.05) is 33.1 Å². The van der Waals surface area contributed by atoms with Crippen LogP contribution in [-0.2, 0) is 0 Å². The van der Waals surface area contributed by atoms with Crippen LogP contribution in [0.25, 0.3) is 0 Å². The molecule has 0 aliphatic rings. The Balaban J connectivity index is 0. The predicted octanol–water partition coefficient (Wildman–Crippen LogP) is 2.29. The normalized spacial score (nSPS) is 6.29. The molecule has 0 aromatic heterocycles. The second-order valence-corrected chi connectivity index (χ2v) is 1.35. The van der Waals surface area contributed by atoms with Crippen LogP contribution in [0.15, 0.2) is 0 Å². The molecule has 0 saturated heterocycles. The van der Waals surface area contributed by atoms with E-state index < -0.39 is 0 Å². The summed E-state index contributed by atoms with van der Waals surface area (Å²) in [5, 5.41) is 6.25. The van der Waals surface area contributed by atoms with Gasteiger partial charge in [-0.3, -0.25) is 0 Å². The zero-order valence-corrected chi connectivity index (χ0v) is 5.07. The van der Waals surface area contributed by atoms with E-state index in [1.807, 2.05) is 0 Å². The monoisotopic (exact) mass is 98.1 g/mol. The fraction of sp³-hybridized carbons (Fsp3) is 0.833. The van der Waals surface area contributed by atoms with Crippen molar-refractivity contribution in [3.8, 4) is 0 Å². The Morgan fingerprint density at radius 1 is 1.14 bits per heavy atom. The van der Waals surface area contributed by atoms with Crippen LogP contribution in [0.3, 0.4) is 0 Å². The minimum Gasteiger partial charge on any atom is -0.512 e. The first-order valence-corrected chi connectivity index (χ1v) is 2.64. The molecule has 0 fully saturated rings. The Bertz CT molecular complexity index is 28.4. The molecule has 7 heavy (non-hydrogen) atoms. The van der Waals surface area contributed by atoms with Crippen LogP contribution in [0.2, 0.25) is 0 Å². The fourth-order valence-corrected chi connectivity index (χ4v) is 0.354. The third-order valence-electron chi connectivity index (χ3n) is 0.707. The number of nitrogens with zero attached hydrogens (tertiary/aromatic N) is 1. The van der Waals surface area contributed by atoms with Gasteiger partial charge in [-0.25, -0.2) is 0 Å². The molecule has 0 aromatic rings. The highest BCUT2D eigenvalue weighted by molar-refractivity contribution is 4.24. The average Bonchev–Trinajstić information content (AvgIpc) is 1.75. The van der Waals surface area contributed by atoms with Crippen molar-refractivity contribution < 1.29 is 0 Å². The lowest BCUT2D eigenvalue weighted by atomic mass is 10.3. The van der Waals surface area contributed by atoms with Crippen molar-refractivity contribution in [3.63, 3.8) is 0 Å². The van der Waals surface area contributed by atoms with Crippen LogP contribution in [-0.4, -0.2) is 0 Å². The Hall–Kier alpha value is -0.510. The molecule has 0 rings (SSSR count). The summed E-state index contributed by atoms with van der Waals surface area (Å²) in [6.07, 6.45) is 4.08. The van der Waals surface area contributed by atoms with E-state index in [2.05, 4.69) is 13.8 Å². The van der Waals surface area contributed by atoms with E-state index in [4.69, 9.17) is 11.8 Å². The molecule has 0 unspecified atom stereocenters. The molecule has 1 nitrogen and oxygen atoms in total. The van der Waals surface area contributed by atoms with Gasteiger partial charge in [0.2, 0.25) is 0 Å². The standard InChI is InChI=1S/C5H12.CN/c1-3-5-4-2;1-2/h3-5H2,1-2H3;/q;-1. The quantitative estimate of drug-likeness (QED) is 0.486. The summed E-state index contributed by atoms with van der Waals surface area (Å²) in [5.74, 6) is 0. The van der Waals surface area contributed by atoms with Crippen LogP contribution in [0, 0.1) is 11.8 Å². The van der Waals surface area contributed by atoms with Crippen molar-refractivity contribution in [2.75, 3.05) is 0 Å². The van der Waals surface area contributed by atoms with E-state index >= 15 is 0 Å². The SMILES string of the molecule is CCCCC.[C-]#N. The van der Waals surface area contributed by atoms with Crippen molar-refractivity contribution in [1.29, 1.82) is 5.26 Å². The average molecular weight is 98.2 g/mol. The number of hydrogen-bond donors (Lipinski definition) is 0. The molecule has 0 heterocycles. The van der Waals surface area contributed by atoms with Crippen LogP contribution < -0.4 is 0 Å². The topological polar surface area (TPSA) is 23.8 Å². The maximum Gasteiger partial charge on any atom is -0.0538 e. The molecule has 0 atom stereocenters. The molecule has 0 N–H and O–H groups in total. The summed E-state index contributed by atoms with van der Waals surface area (Å²) in [5.41, 5.74) is 0.